The minimum Gasteiger partial charge on any atom is -0.330 e. The van der Waals surface area contributed by atoms with E-state index in [0.29, 0.717) is 17.4 Å². The Morgan fingerprint density at radius 2 is 2.11 bits per heavy atom. The van der Waals surface area contributed by atoms with Gasteiger partial charge >= 0.3 is 0 Å². The van der Waals surface area contributed by atoms with Gasteiger partial charge in [-0.3, -0.25) is 4.68 Å². The van der Waals surface area contributed by atoms with Gasteiger partial charge in [0.2, 0.25) is 0 Å². The van der Waals surface area contributed by atoms with Gasteiger partial charge in [0.1, 0.15) is 0 Å². The highest BCUT2D eigenvalue weighted by Crippen LogP contribution is 2.44. The first-order chi connectivity index (χ1) is 8.41. The molecule has 0 saturated heterocycles. The number of aromatic nitrogens is 2. The number of hydrogen-bond acceptors (Lipinski definition) is 2. The summed E-state index contributed by atoms with van der Waals surface area (Å²) in [5.41, 5.74) is 7.44. The maximum absolute atomic E-state index is 5.95. The Kier molecular flexibility index (Phi) is 3.81. The molecule has 1 fully saturated rings. The minimum atomic E-state index is 0.389. The third-order valence-electron chi connectivity index (χ3n) is 4.57. The van der Waals surface area contributed by atoms with E-state index in [2.05, 4.69) is 49.7 Å². The minimum absolute atomic E-state index is 0.389. The van der Waals surface area contributed by atoms with Gasteiger partial charge in [0.05, 0.1) is 11.7 Å². The summed E-state index contributed by atoms with van der Waals surface area (Å²) in [6, 6.07) is 2.58. The van der Waals surface area contributed by atoms with E-state index in [1.54, 1.807) is 0 Å². The van der Waals surface area contributed by atoms with Crippen molar-refractivity contribution in [3.8, 4) is 0 Å². The van der Waals surface area contributed by atoms with E-state index in [-0.39, 0.29) is 0 Å². The van der Waals surface area contributed by atoms with Gasteiger partial charge in [0.25, 0.3) is 0 Å². The first-order valence-corrected chi connectivity index (χ1v) is 7.13. The quantitative estimate of drug-likeness (QED) is 0.875. The molecule has 1 aromatic rings. The van der Waals surface area contributed by atoms with Crippen LogP contribution in [-0.4, -0.2) is 16.3 Å². The molecule has 1 aliphatic carbocycles. The van der Waals surface area contributed by atoms with Crippen LogP contribution in [0.3, 0.4) is 0 Å². The van der Waals surface area contributed by atoms with E-state index in [1.807, 2.05) is 0 Å². The summed E-state index contributed by atoms with van der Waals surface area (Å²) in [5.74, 6) is 1.36. The van der Waals surface area contributed by atoms with E-state index in [0.717, 1.165) is 18.2 Å². The van der Waals surface area contributed by atoms with Crippen LogP contribution < -0.4 is 5.73 Å². The molecule has 0 aliphatic heterocycles. The van der Waals surface area contributed by atoms with Crippen molar-refractivity contribution in [3.63, 3.8) is 0 Å². The summed E-state index contributed by atoms with van der Waals surface area (Å²) in [4.78, 5) is 0. The Labute approximate surface area is 111 Å². The average Bonchev–Trinajstić information content (AvgIpc) is 2.73. The van der Waals surface area contributed by atoms with Crippen LogP contribution in [0.2, 0.25) is 0 Å². The Morgan fingerprint density at radius 1 is 1.39 bits per heavy atom. The number of nitrogens with zero attached hydrogens (tertiary/aromatic N) is 2. The van der Waals surface area contributed by atoms with Gasteiger partial charge in [-0.1, -0.05) is 20.8 Å². The van der Waals surface area contributed by atoms with Crippen molar-refractivity contribution in [3.05, 3.63) is 18.0 Å². The smallest absolute Gasteiger partial charge is 0.0593 e. The summed E-state index contributed by atoms with van der Waals surface area (Å²) in [7, 11) is 0. The van der Waals surface area contributed by atoms with Gasteiger partial charge in [-0.05, 0) is 56.0 Å². The summed E-state index contributed by atoms with van der Waals surface area (Å²) >= 11 is 0. The molecule has 2 N–H and O–H groups in total. The highest BCUT2D eigenvalue weighted by atomic mass is 15.3. The predicted molar refractivity (Wildman–Crippen MR) is 75.3 cm³/mol. The van der Waals surface area contributed by atoms with E-state index in [1.165, 1.54) is 19.3 Å². The lowest BCUT2D eigenvalue weighted by Crippen LogP contribution is -2.36. The first-order valence-electron chi connectivity index (χ1n) is 7.13. The Bertz CT molecular complexity index is 389. The number of aryl methyl sites for hydroxylation is 1. The molecule has 3 heteroatoms. The third-order valence-corrected chi connectivity index (χ3v) is 4.57. The monoisotopic (exact) mass is 249 g/mol. The molecule has 2 rings (SSSR count). The normalized spacial score (nSPS) is 29.5. The molecule has 18 heavy (non-hydrogen) atoms. The molecular weight excluding hydrogens is 222 g/mol. The molecule has 0 bridgehead atoms. The molecule has 102 valence electrons. The van der Waals surface area contributed by atoms with Gasteiger partial charge < -0.3 is 5.73 Å². The molecule has 1 saturated carbocycles. The average molecular weight is 249 g/mol. The number of hydrogen-bond donors (Lipinski definition) is 1. The Hall–Kier alpha value is -0.830. The summed E-state index contributed by atoms with van der Waals surface area (Å²) in [5, 5.41) is 4.61. The summed E-state index contributed by atoms with van der Waals surface area (Å²) < 4.78 is 2.16. The first kappa shape index (κ1) is 13.6. The zero-order chi connectivity index (χ0) is 13.3. The lowest BCUT2D eigenvalue weighted by atomic mass is 9.68. The van der Waals surface area contributed by atoms with E-state index in [4.69, 9.17) is 5.73 Å². The zero-order valence-corrected chi connectivity index (χ0v) is 12.2. The molecule has 0 aromatic carbocycles. The molecule has 1 aliphatic rings. The standard InChI is InChI=1S/C15H27N3/c1-11-7-8-18(17-11)14-9-13(15(2,3)4)6-5-12(14)10-16/h7-8,12-14H,5-6,9-10,16H2,1-4H3. The van der Waals surface area contributed by atoms with Crippen molar-refractivity contribution >= 4 is 0 Å². The lowest BCUT2D eigenvalue weighted by molar-refractivity contribution is 0.0994. The van der Waals surface area contributed by atoms with Crippen LogP contribution in [-0.2, 0) is 0 Å². The maximum atomic E-state index is 5.95. The fourth-order valence-corrected chi connectivity index (χ4v) is 3.21. The van der Waals surface area contributed by atoms with Crippen molar-refractivity contribution < 1.29 is 0 Å². The second kappa shape index (κ2) is 5.04. The SMILES string of the molecule is Cc1ccn(C2CC(C(C)(C)C)CCC2CN)n1. The van der Waals surface area contributed by atoms with Crippen molar-refractivity contribution in [2.75, 3.05) is 6.54 Å². The van der Waals surface area contributed by atoms with Crippen molar-refractivity contribution in [1.29, 1.82) is 0 Å². The fraction of sp³-hybridized carbons (Fsp3) is 0.800. The van der Waals surface area contributed by atoms with Gasteiger partial charge in [0.15, 0.2) is 0 Å². The lowest BCUT2D eigenvalue weighted by Gasteiger charge is -2.41. The predicted octanol–water partition coefficient (Wildman–Crippen LogP) is 3.15. The van der Waals surface area contributed by atoms with Crippen LogP contribution in [0.25, 0.3) is 0 Å². The topological polar surface area (TPSA) is 43.8 Å². The Morgan fingerprint density at radius 3 is 2.61 bits per heavy atom. The van der Waals surface area contributed by atoms with Crippen LogP contribution in [0.4, 0.5) is 0 Å². The molecule has 0 spiro atoms. The second-order valence-electron chi connectivity index (χ2n) is 6.88. The highest BCUT2D eigenvalue weighted by Gasteiger charge is 2.36. The van der Waals surface area contributed by atoms with Crippen LogP contribution in [0.15, 0.2) is 12.3 Å². The summed E-state index contributed by atoms with van der Waals surface area (Å²) in [6.07, 6.45) is 5.88. The van der Waals surface area contributed by atoms with E-state index in [9.17, 15) is 0 Å². The number of nitrogens with two attached hydrogens (primary N) is 1. The largest absolute Gasteiger partial charge is 0.330 e. The third kappa shape index (κ3) is 2.77. The maximum Gasteiger partial charge on any atom is 0.0593 e. The molecule has 3 unspecified atom stereocenters. The molecular formula is C15H27N3. The van der Waals surface area contributed by atoms with Crippen LogP contribution in [0.5, 0.6) is 0 Å². The molecule has 1 heterocycles. The van der Waals surface area contributed by atoms with Gasteiger partial charge in [-0.25, -0.2) is 0 Å². The van der Waals surface area contributed by atoms with E-state index >= 15 is 0 Å². The van der Waals surface area contributed by atoms with E-state index < -0.39 is 0 Å². The van der Waals surface area contributed by atoms with Crippen molar-refractivity contribution in [2.24, 2.45) is 23.0 Å². The highest BCUT2D eigenvalue weighted by molar-refractivity contribution is 4.98. The van der Waals surface area contributed by atoms with Gasteiger partial charge in [0, 0.05) is 6.20 Å². The second-order valence-corrected chi connectivity index (χ2v) is 6.88. The Balaban J connectivity index is 2.18. The summed E-state index contributed by atoms with van der Waals surface area (Å²) in [6.45, 7) is 9.89. The molecule has 0 amide bonds. The van der Waals surface area contributed by atoms with Crippen LogP contribution >= 0.6 is 0 Å². The fourth-order valence-electron chi connectivity index (χ4n) is 3.21. The van der Waals surface area contributed by atoms with Crippen molar-refractivity contribution in [1.82, 2.24) is 9.78 Å². The molecule has 3 nitrogen and oxygen atoms in total. The van der Waals surface area contributed by atoms with Crippen LogP contribution in [0.1, 0.15) is 51.8 Å². The number of rotatable bonds is 2. The molecule has 1 aromatic heterocycles. The van der Waals surface area contributed by atoms with Gasteiger partial charge in [-0.2, -0.15) is 5.10 Å². The van der Waals surface area contributed by atoms with Crippen LogP contribution in [0, 0.1) is 24.2 Å². The molecule has 0 radical (unpaired) electrons. The van der Waals surface area contributed by atoms with Gasteiger partial charge in [-0.15, -0.1) is 0 Å². The zero-order valence-electron chi connectivity index (χ0n) is 12.2. The molecule has 3 atom stereocenters. The van der Waals surface area contributed by atoms with Crippen molar-refractivity contribution in [2.45, 2.75) is 53.0 Å².